The molecule has 2 aromatic heterocycles. The maximum absolute atomic E-state index is 9.53. The summed E-state index contributed by atoms with van der Waals surface area (Å²) < 4.78 is 11.4. The summed E-state index contributed by atoms with van der Waals surface area (Å²) in [5.41, 5.74) is 3.16. The van der Waals surface area contributed by atoms with Crippen molar-refractivity contribution < 1.29 is 1.37 Å². The van der Waals surface area contributed by atoms with Crippen LogP contribution in [0.15, 0.2) is 55.0 Å². The Hall–Kier alpha value is -3.99. The number of hydrogen-bond donors (Lipinski definition) is 2. The fourth-order valence-corrected chi connectivity index (χ4v) is 3.71. The van der Waals surface area contributed by atoms with Gasteiger partial charge in [-0.3, -0.25) is 0 Å². The van der Waals surface area contributed by atoms with E-state index in [9.17, 15) is 6.63 Å². The monoisotopic (exact) mass is 453 g/mol. The van der Waals surface area contributed by atoms with Crippen molar-refractivity contribution in [2.24, 2.45) is 5.41 Å². The van der Waals surface area contributed by atoms with Crippen LogP contribution in [0, 0.1) is 16.7 Å². The molecule has 8 heteroatoms. The zero-order valence-electron chi connectivity index (χ0n) is 20.6. The van der Waals surface area contributed by atoms with Gasteiger partial charge in [-0.1, -0.05) is 38.1 Å². The molecule has 34 heavy (non-hydrogen) atoms. The van der Waals surface area contributed by atoms with Crippen LogP contribution in [0.4, 0.5) is 11.5 Å². The largest absolute Gasteiger partial charge is 0.373 e. The van der Waals surface area contributed by atoms with Gasteiger partial charge in [0.2, 0.25) is 0 Å². The first kappa shape index (κ1) is 20.6. The summed E-state index contributed by atoms with van der Waals surface area (Å²) >= 11 is 0. The van der Waals surface area contributed by atoms with Crippen LogP contribution in [0.5, 0.6) is 0 Å². The van der Waals surface area contributed by atoms with Crippen LogP contribution < -0.4 is 10.6 Å². The van der Waals surface area contributed by atoms with Crippen LogP contribution in [0.2, 0.25) is 0 Å². The van der Waals surface area contributed by atoms with E-state index in [1.807, 2.05) is 35.1 Å². The van der Waals surface area contributed by atoms with E-state index < -0.39 is 6.02 Å². The average Bonchev–Trinajstić information content (AvgIpc) is 3.58. The highest BCUT2D eigenvalue weighted by Gasteiger charge is 2.27. The van der Waals surface area contributed by atoms with Crippen LogP contribution in [0.3, 0.4) is 0 Å². The topological polar surface area (TPSA) is 104 Å². The summed E-state index contributed by atoms with van der Waals surface area (Å²) in [5.74, 6) is 0.746. The highest BCUT2D eigenvalue weighted by Crippen LogP contribution is 2.35. The van der Waals surface area contributed by atoms with E-state index in [0.717, 1.165) is 36.1 Å². The molecule has 4 aromatic rings. The molecule has 0 bridgehead atoms. The van der Waals surface area contributed by atoms with Gasteiger partial charge >= 0.3 is 0 Å². The molecular weight excluding hydrogens is 424 g/mol. The standard InChI is InChI=1S/C26H28N8/c1-26(2,3)15-28-25-21-12-19(7-10-22(21)29-16-30-25)31-24(18-6-4-5-17(11-18)13-27)23-14-34(33-32-23)20-8-9-20/h4-7,10-12,14,16,20,24,31H,8-9,15H2,1-3H3,(H,28,29,30)/i24D. The van der Waals surface area contributed by atoms with Crippen molar-refractivity contribution >= 4 is 22.4 Å². The molecule has 1 aliphatic rings. The molecule has 1 atom stereocenters. The van der Waals surface area contributed by atoms with E-state index in [1.165, 1.54) is 0 Å². The number of aromatic nitrogens is 5. The van der Waals surface area contributed by atoms with Crippen LogP contribution in [-0.2, 0) is 0 Å². The fraction of sp³-hybridized carbons (Fsp3) is 0.346. The minimum Gasteiger partial charge on any atom is -0.373 e. The lowest BCUT2D eigenvalue weighted by Gasteiger charge is -2.21. The molecule has 5 rings (SSSR count). The average molecular weight is 454 g/mol. The third-order valence-corrected chi connectivity index (χ3v) is 5.66. The first-order valence-corrected chi connectivity index (χ1v) is 11.4. The quantitative estimate of drug-likeness (QED) is 0.402. The summed E-state index contributed by atoms with van der Waals surface area (Å²) in [7, 11) is 0. The normalized spacial score (nSPS) is 15.9. The van der Waals surface area contributed by atoms with Crippen molar-refractivity contribution in [1.82, 2.24) is 25.0 Å². The molecule has 0 amide bonds. The van der Waals surface area contributed by atoms with E-state index in [0.29, 0.717) is 28.6 Å². The Kier molecular flexibility index (Phi) is 5.30. The lowest BCUT2D eigenvalue weighted by Crippen LogP contribution is -2.19. The highest BCUT2D eigenvalue weighted by atomic mass is 15.4. The number of nitrogens with zero attached hydrogens (tertiary/aromatic N) is 6. The van der Waals surface area contributed by atoms with Crippen LogP contribution in [0.25, 0.3) is 10.9 Å². The second-order valence-electron chi connectivity index (χ2n) is 9.88. The van der Waals surface area contributed by atoms with Gasteiger partial charge in [-0.2, -0.15) is 5.26 Å². The molecule has 2 N–H and O–H groups in total. The van der Waals surface area contributed by atoms with Gasteiger partial charge < -0.3 is 10.6 Å². The number of fused-ring (bicyclic) bond motifs is 1. The Labute approximate surface area is 200 Å². The predicted molar refractivity (Wildman–Crippen MR) is 132 cm³/mol. The van der Waals surface area contributed by atoms with Gasteiger partial charge in [-0.25, -0.2) is 14.6 Å². The molecule has 0 saturated heterocycles. The third-order valence-electron chi connectivity index (χ3n) is 5.66. The Morgan fingerprint density at radius 3 is 2.82 bits per heavy atom. The van der Waals surface area contributed by atoms with Crippen LogP contribution in [-0.4, -0.2) is 31.5 Å². The lowest BCUT2D eigenvalue weighted by molar-refractivity contribution is 0.442. The third kappa shape index (κ3) is 4.84. The Morgan fingerprint density at radius 2 is 2.06 bits per heavy atom. The number of benzene rings is 2. The molecule has 1 saturated carbocycles. The van der Waals surface area contributed by atoms with Crippen LogP contribution >= 0.6 is 0 Å². The first-order valence-electron chi connectivity index (χ1n) is 11.9. The maximum Gasteiger partial charge on any atom is 0.137 e. The number of rotatable bonds is 7. The van der Waals surface area contributed by atoms with Gasteiger partial charge in [-0.15, -0.1) is 5.10 Å². The van der Waals surface area contributed by atoms with Crippen molar-refractivity contribution in [3.63, 3.8) is 0 Å². The van der Waals surface area contributed by atoms with E-state index in [2.05, 4.69) is 57.8 Å². The van der Waals surface area contributed by atoms with Gasteiger partial charge in [0.15, 0.2) is 0 Å². The van der Waals surface area contributed by atoms with Gasteiger partial charge in [-0.05, 0) is 54.2 Å². The Morgan fingerprint density at radius 1 is 1.21 bits per heavy atom. The minimum absolute atomic E-state index is 0.0859. The van der Waals surface area contributed by atoms with E-state index >= 15 is 0 Å². The van der Waals surface area contributed by atoms with E-state index in [-0.39, 0.29) is 5.41 Å². The molecule has 2 heterocycles. The van der Waals surface area contributed by atoms with Gasteiger partial charge in [0, 0.05) is 17.6 Å². The van der Waals surface area contributed by atoms with E-state index in [1.54, 1.807) is 24.5 Å². The molecule has 1 unspecified atom stereocenters. The zero-order chi connectivity index (χ0) is 24.6. The predicted octanol–water partition coefficient (Wildman–Crippen LogP) is 5.09. The molecule has 0 spiro atoms. The summed E-state index contributed by atoms with van der Waals surface area (Å²) in [6.45, 7) is 7.24. The van der Waals surface area contributed by atoms with Crippen molar-refractivity contribution in [3.05, 3.63) is 71.8 Å². The summed E-state index contributed by atoms with van der Waals surface area (Å²) in [4.78, 5) is 8.86. The van der Waals surface area contributed by atoms with Gasteiger partial charge in [0.25, 0.3) is 0 Å². The smallest absolute Gasteiger partial charge is 0.137 e. The molecular formula is C26H28N8. The summed E-state index contributed by atoms with van der Waals surface area (Å²) in [5, 5.41) is 25.7. The first-order chi connectivity index (χ1) is 16.7. The summed E-state index contributed by atoms with van der Waals surface area (Å²) in [6, 6.07) is 13.9. The Balaban J connectivity index is 1.56. The number of nitriles is 1. The molecule has 1 aliphatic carbocycles. The zero-order valence-corrected chi connectivity index (χ0v) is 19.6. The minimum atomic E-state index is -1.46. The molecule has 1 fully saturated rings. The highest BCUT2D eigenvalue weighted by molar-refractivity contribution is 5.91. The van der Waals surface area contributed by atoms with Crippen molar-refractivity contribution in [2.45, 2.75) is 45.7 Å². The number of hydrogen-bond acceptors (Lipinski definition) is 7. The molecule has 0 radical (unpaired) electrons. The van der Waals surface area contributed by atoms with E-state index in [4.69, 9.17) is 0 Å². The maximum atomic E-state index is 9.53. The molecule has 0 aliphatic heterocycles. The van der Waals surface area contributed by atoms with Crippen molar-refractivity contribution in [1.29, 1.82) is 5.26 Å². The molecule has 8 nitrogen and oxygen atoms in total. The Bertz CT molecular complexity index is 1410. The second kappa shape index (κ2) is 8.75. The SMILES string of the molecule is [2H]C(Nc1ccc2ncnc(NCC(C)(C)C)c2c1)(c1cccc(C#N)c1)c1cn(C2CC2)nn1. The van der Waals surface area contributed by atoms with Gasteiger partial charge in [0.05, 0.1) is 36.8 Å². The number of anilines is 2. The van der Waals surface area contributed by atoms with Crippen molar-refractivity contribution in [3.8, 4) is 6.07 Å². The molecule has 172 valence electrons. The van der Waals surface area contributed by atoms with Gasteiger partial charge in [0.1, 0.15) is 17.8 Å². The fourth-order valence-electron chi connectivity index (χ4n) is 3.71. The van der Waals surface area contributed by atoms with Crippen molar-refractivity contribution in [2.75, 3.05) is 17.2 Å². The number of nitrogens with one attached hydrogen (secondary N) is 2. The second-order valence-corrected chi connectivity index (χ2v) is 9.88. The summed E-state index contributed by atoms with van der Waals surface area (Å²) in [6.07, 6.45) is 5.52. The van der Waals surface area contributed by atoms with Crippen LogP contribution in [0.1, 0.15) is 63.9 Å². The lowest BCUT2D eigenvalue weighted by atomic mass is 9.97. The molecule has 2 aromatic carbocycles.